The van der Waals surface area contributed by atoms with Crippen LogP contribution in [0.5, 0.6) is 0 Å². The van der Waals surface area contributed by atoms with Gasteiger partial charge in [-0.15, -0.1) is 0 Å². The van der Waals surface area contributed by atoms with Crippen molar-refractivity contribution in [3.8, 4) is 0 Å². The van der Waals surface area contributed by atoms with Crippen molar-refractivity contribution in [2.24, 2.45) is 0 Å². The molecule has 1 aromatic carbocycles. The molecule has 0 aromatic heterocycles. The Morgan fingerprint density at radius 1 is 1.36 bits per heavy atom. The van der Waals surface area contributed by atoms with E-state index < -0.39 is 10.0 Å². The maximum absolute atomic E-state index is 12.6. The summed E-state index contributed by atoms with van der Waals surface area (Å²) < 4.78 is 26.5. The summed E-state index contributed by atoms with van der Waals surface area (Å²) in [5, 5.41) is 2.72. The molecule has 1 amide bonds. The fourth-order valence-corrected chi connectivity index (χ4v) is 3.67. The first kappa shape index (κ1) is 18.9. The highest BCUT2D eigenvalue weighted by Crippen LogP contribution is 2.28. The number of nitrogens with zero attached hydrogens (tertiary/aromatic N) is 1. The summed E-state index contributed by atoms with van der Waals surface area (Å²) in [5.74, 6) is 0.107. The number of hydrogen-bond acceptors (Lipinski definition) is 3. The standard InChI is InChI=1S/C15H23ClN2O3S/c1-11(2)12-7-8-13(16)14(10-12)22(20,21)18(4)9-5-6-15(19)17-3/h7-8,10-11H,5-6,9H2,1-4H3,(H,17,19). The first-order chi connectivity index (χ1) is 10.2. The van der Waals surface area contributed by atoms with Crippen LogP contribution in [-0.4, -0.2) is 39.3 Å². The van der Waals surface area contributed by atoms with Gasteiger partial charge in [-0.25, -0.2) is 12.7 Å². The van der Waals surface area contributed by atoms with Crippen LogP contribution < -0.4 is 5.32 Å². The Morgan fingerprint density at radius 2 is 2.00 bits per heavy atom. The largest absolute Gasteiger partial charge is 0.359 e. The van der Waals surface area contributed by atoms with Crippen molar-refractivity contribution in [1.29, 1.82) is 0 Å². The smallest absolute Gasteiger partial charge is 0.244 e. The van der Waals surface area contributed by atoms with Gasteiger partial charge in [0.05, 0.1) is 5.02 Å². The number of halogens is 1. The highest BCUT2D eigenvalue weighted by Gasteiger charge is 2.24. The predicted octanol–water partition coefficient (Wildman–Crippen LogP) is 2.61. The van der Waals surface area contributed by atoms with Gasteiger partial charge >= 0.3 is 0 Å². The van der Waals surface area contributed by atoms with Crippen LogP contribution in [0.3, 0.4) is 0 Å². The summed E-state index contributed by atoms with van der Waals surface area (Å²) in [6.07, 6.45) is 0.743. The molecule has 1 N–H and O–H groups in total. The van der Waals surface area contributed by atoms with Gasteiger partial charge in [-0.1, -0.05) is 31.5 Å². The summed E-state index contributed by atoms with van der Waals surface area (Å²) >= 11 is 6.07. The van der Waals surface area contributed by atoms with Crippen molar-refractivity contribution in [2.45, 2.75) is 37.5 Å². The zero-order chi connectivity index (χ0) is 16.9. The number of carbonyl (C=O) groups excluding carboxylic acids is 1. The third-order valence-electron chi connectivity index (χ3n) is 3.47. The summed E-state index contributed by atoms with van der Waals surface area (Å²) in [7, 11) is -0.608. The van der Waals surface area contributed by atoms with Gasteiger partial charge in [-0.2, -0.15) is 0 Å². The Bertz CT molecular complexity index is 630. The number of benzene rings is 1. The van der Waals surface area contributed by atoms with Crippen LogP contribution in [0, 0.1) is 0 Å². The van der Waals surface area contributed by atoms with E-state index in [1.54, 1.807) is 19.2 Å². The summed E-state index contributed by atoms with van der Waals surface area (Å²) in [4.78, 5) is 11.3. The Kier molecular flexibility index (Phi) is 6.84. The minimum absolute atomic E-state index is 0.106. The first-order valence-electron chi connectivity index (χ1n) is 7.16. The van der Waals surface area contributed by atoms with E-state index in [-0.39, 0.29) is 34.7 Å². The van der Waals surface area contributed by atoms with Gasteiger partial charge in [-0.05, 0) is 30.0 Å². The number of rotatable bonds is 7. The number of sulfonamides is 1. The van der Waals surface area contributed by atoms with Crippen LogP contribution in [0.15, 0.2) is 23.1 Å². The average molecular weight is 347 g/mol. The lowest BCUT2D eigenvalue weighted by atomic mass is 10.0. The first-order valence-corrected chi connectivity index (χ1v) is 8.98. The topological polar surface area (TPSA) is 66.5 Å². The Morgan fingerprint density at radius 3 is 2.55 bits per heavy atom. The molecule has 0 atom stereocenters. The van der Waals surface area contributed by atoms with Crippen LogP contribution in [-0.2, 0) is 14.8 Å². The maximum atomic E-state index is 12.6. The summed E-state index contributed by atoms with van der Waals surface area (Å²) in [6.45, 7) is 4.25. The SMILES string of the molecule is CNC(=O)CCCN(C)S(=O)(=O)c1cc(C(C)C)ccc1Cl. The van der Waals surface area contributed by atoms with Crippen LogP contribution in [0.1, 0.15) is 38.2 Å². The second-order valence-electron chi connectivity index (χ2n) is 5.45. The third-order valence-corrected chi connectivity index (χ3v) is 5.80. The summed E-state index contributed by atoms with van der Waals surface area (Å²) in [5.41, 5.74) is 0.918. The molecular formula is C15H23ClN2O3S. The van der Waals surface area contributed by atoms with E-state index in [4.69, 9.17) is 11.6 Å². The average Bonchev–Trinajstić information content (AvgIpc) is 2.46. The number of amides is 1. The highest BCUT2D eigenvalue weighted by atomic mass is 35.5. The van der Waals surface area contributed by atoms with Gasteiger partial charge in [0.1, 0.15) is 4.90 Å². The van der Waals surface area contributed by atoms with Crippen LogP contribution >= 0.6 is 11.6 Å². The molecule has 0 fully saturated rings. The van der Waals surface area contributed by atoms with E-state index in [0.717, 1.165) is 5.56 Å². The van der Waals surface area contributed by atoms with E-state index in [1.165, 1.54) is 11.4 Å². The Balaban J connectivity index is 2.93. The Hall–Kier alpha value is -1.11. The van der Waals surface area contributed by atoms with E-state index in [1.807, 2.05) is 19.9 Å². The van der Waals surface area contributed by atoms with Crippen molar-refractivity contribution >= 4 is 27.5 Å². The van der Waals surface area contributed by atoms with Crippen LogP contribution in [0.2, 0.25) is 5.02 Å². The Labute approximate surface area is 137 Å². The molecule has 0 saturated heterocycles. The quantitative estimate of drug-likeness (QED) is 0.825. The zero-order valence-electron chi connectivity index (χ0n) is 13.4. The molecule has 0 radical (unpaired) electrons. The van der Waals surface area contributed by atoms with Crippen LogP contribution in [0.4, 0.5) is 0 Å². The van der Waals surface area contributed by atoms with Gasteiger partial charge < -0.3 is 5.32 Å². The van der Waals surface area contributed by atoms with Gasteiger partial charge in [0, 0.05) is 27.1 Å². The number of nitrogens with one attached hydrogen (secondary N) is 1. The number of carbonyl (C=O) groups is 1. The zero-order valence-corrected chi connectivity index (χ0v) is 15.0. The molecule has 22 heavy (non-hydrogen) atoms. The molecule has 0 bridgehead atoms. The van der Waals surface area contributed by atoms with Crippen molar-refractivity contribution in [2.75, 3.05) is 20.6 Å². The molecular weight excluding hydrogens is 324 g/mol. The lowest BCUT2D eigenvalue weighted by Crippen LogP contribution is -2.29. The molecule has 0 aliphatic carbocycles. The highest BCUT2D eigenvalue weighted by molar-refractivity contribution is 7.89. The molecule has 0 unspecified atom stereocenters. The monoisotopic (exact) mass is 346 g/mol. The van der Waals surface area contributed by atoms with Crippen molar-refractivity contribution in [3.05, 3.63) is 28.8 Å². The van der Waals surface area contributed by atoms with E-state index >= 15 is 0 Å². The van der Waals surface area contributed by atoms with Gasteiger partial charge in [0.15, 0.2) is 0 Å². The van der Waals surface area contributed by atoms with Crippen LogP contribution in [0.25, 0.3) is 0 Å². The van der Waals surface area contributed by atoms with Crippen molar-refractivity contribution < 1.29 is 13.2 Å². The second kappa shape index (κ2) is 7.94. The minimum atomic E-state index is -3.66. The van der Waals surface area contributed by atoms with E-state index in [0.29, 0.717) is 6.42 Å². The molecule has 5 nitrogen and oxygen atoms in total. The molecule has 0 aliphatic heterocycles. The lowest BCUT2D eigenvalue weighted by molar-refractivity contribution is -0.120. The number of hydrogen-bond donors (Lipinski definition) is 1. The molecule has 0 saturated carbocycles. The van der Waals surface area contributed by atoms with E-state index in [9.17, 15) is 13.2 Å². The normalized spacial score (nSPS) is 12.0. The molecule has 0 spiro atoms. The fourth-order valence-electron chi connectivity index (χ4n) is 1.95. The van der Waals surface area contributed by atoms with Crippen molar-refractivity contribution in [1.82, 2.24) is 9.62 Å². The van der Waals surface area contributed by atoms with E-state index in [2.05, 4.69) is 5.32 Å². The maximum Gasteiger partial charge on any atom is 0.244 e. The molecule has 1 aromatic rings. The lowest BCUT2D eigenvalue weighted by Gasteiger charge is -2.19. The minimum Gasteiger partial charge on any atom is -0.359 e. The molecule has 124 valence electrons. The predicted molar refractivity (Wildman–Crippen MR) is 88.7 cm³/mol. The second-order valence-corrected chi connectivity index (χ2v) is 7.87. The van der Waals surface area contributed by atoms with Gasteiger partial charge in [-0.3, -0.25) is 4.79 Å². The fraction of sp³-hybridized carbons (Fsp3) is 0.533. The third kappa shape index (κ3) is 4.69. The molecule has 0 aliphatic rings. The molecule has 7 heteroatoms. The summed E-state index contributed by atoms with van der Waals surface area (Å²) in [6, 6.07) is 5.07. The molecule has 1 rings (SSSR count). The van der Waals surface area contributed by atoms with Crippen molar-refractivity contribution in [3.63, 3.8) is 0 Å². The molecule has 0 heterocycles. The van der Waals surface area contributed by atoms with Gasteiger partial charge in [0.2, 0.25) is 15.9 Å². The van der Waals surface area contributed by atoms with Gasteiger partial charge in [0.25, 0.3) is 0 Å².